The molecule has 116 valence electrons. The molecule has 0 bridgehead atoms. The number of benzene rings is 1. The molecule has 2 rings (SSSR count). The average molecular weight is 309 g/mol. The molecule has 6 nitrogen and oxygen atoms in total. The number of hydrogen-bond acceptors (Lipinski definition) is 3. The summed E-state index contributed by atoms with van der Waals surface area (Å²) < 4.78 is 27.0. The van der Waals surface area contributed by atoms with Crippen LogP contribution < -0.4 is 16.6 Å². The van der Waals surface area contributed by atoms with Gasteiger partial charge < -0.3 is 5.32 Å². The normalized spacial score (nSPS) is 12.0. The van der Waals surface area contributed by atoms with E-state index in [1.54, 1.807) is 6.92 Å². The number of carbonyl (C=O) groups excluding carboxylic acids is 1. The molecule has 2 N–H and O–H groups in total. The Morgan fingerprint density at radius 3 is 2.64 bits per heavy atom. The Balaban J connectivity index is 2.06. The number of aromatic amines is 1. The SMILES string of the molecule is CC(NC(=O)Cn1ccc(=O)[nH]c1=O)c1ccc(F)c(F)c1. The molecule has 0 saturated heterocycles. The zero-order valence-electron chi connectivity index (χ0n) is 11.6. The molecular formula is C14H13F2N3O3. The highest BCUT2D eigenvalue weighted by Crippen LogP contribution is 2.15. The van der Waals surface area contributed by atoms with Crippen molar-refractivity contribution >= 4 is 5.91 Å². The first-order valence-corrected chi connectivity index (χ1v) is 6.41. The minimum absolute atomic E-state index is 0.302. The smallest absolute Gasteiger partial charge is 0.328 e. The third-order valence-corrected chi connectivity index (χ3v) is 3.03. The second kappa shape index (κ2) is 6.33. The van der Waals surface area contributed by atoms with Crippen LogP contribution in [0.3, 0.4) is 0 Å². The average Bonchev–Trinajstić information content (AvgIpc) is 2.45. The van der Waals surface area contributed by atoms with E-state index in [9.17, 15) is 23.2 Å². The molecule has 0 fully saturated rings. The third-order valence-electron chi connectivity index (χ3n) is 3.03. The van der Waals surface area contributed by atoms with E-state index in [4.69, 9.17) is 0 Å². The van der Waals surface area contributed by atoms with Crippen LogP contribution in [0.4, 0.5) is 8.78 Å². The first-order chi connectivity index (χ1) is 10.4. The van der Waals surface area contributed by atoms with E-state index in [-0.39, 0.29) is 6.54 Å². The van der Waals surface area contributed by atoms with Crippen molar-refractivity contribution in [2.24, 2.45) is 0 Å². The van der Waals surface area contributed by atoms with Crippen LogP contribution in [0.1, 0.15) is 18.5 Å². The lowest BCUT2D eigenvalue weighted by atomic mass is 10.1. The van der Waals surface area contributed by atoms with Crippen LogP contribution in [0.5, 0.6) is 0 Å². The van der Waals surface area contributed by atoms with E-state index in [1.165, 1.54) is 12.3 Å². The fourth-order valence-corrected chi connectivity index (χ4v) is 1.88. The Morgan fingerprint density at radius 2 is 2.00 bits per heavy atom. The maximum Gasteiger partial charge on any atom is 0.328 e. The van der Waals surface area contributed by atoms with E-state index < -0.39 is 34.8 Å². The third kappa shape index (κ3) is 3.66. The molecule has 1 atom stereocenters. The fourth-order valence-electron chi connectivity index (χ4n) is 1.88. The van der Waals surface area contributed by atoms with Gasteiger partial charge in [0, 0.05) is 12.3 Å². The van der Waals surface area contributed by atoms with Crippen molar-refractivity contribution in [3.63, 3.8) is 0 Å². The Labute approximate surface area is 123 Å². The highest BCUT2D eigenvalue weighted by molar-refractivity contribution is 5.76. The molecule has 0 radical (unpaired) electrons. The minimum Gasteiger partial charge on any atom is -0.348 e. The van der Waals surface area contributed by atoms with Crippen LogP contribution >= 0.6 is 0 Å². The lowest BCUT2D eigenvalue weighted by Crippen LogP contribution is -2.36. The Hall–Kier alpha value is -2.77. The van der Waals surface area contributed by atoms with Gasteiger partial charge in [0.15, 0.2) is 11.6 Å². The van der Waals surface area contributed by atoms with Crippen molar-refractivity contribution < 1.29 is 13.6 Å². The van der Waals surface area contributed by atoms with Gasteiger partial charge in [-0.25, -0.2) is 13.6 Å². The number of amides is 1. The molecule has 1 aromatic carbocycles. The molecule has 2 aromatic rings. The van der Waals surface area contributed by atoms with Crippen LogP contribution in [0, 0.1) is 11.6 Å². The van der Waals surface area contributed by atoms with Gasteiger partial charge in [0.05, 0.1) is 6.04 Å². The first kappa shape index (κ1) is 15.6. The number of aromatic nitrogens is 2. The number of nitrogens with one attached hydrogen (secondary N) is 2. The summed E-state index contributed by atoms with van der Waals surface area (Å²) in [6.45, 7) is 1.30. The van der Waals surface area contributed by atoms with E-state index in [1.807, 2.05) is 4.98 Å². The maximum absolute atomic E-state index is 13.1. The number of nitrogens with zero attached hydrogens (tertiary/aromatic N) is 1. The van der Waals surface area contributed by atoms with E-state index >= 15 is 0 Å². The highest BCUT2D eigenvalue weighted by atomic mass is 19.2. The molecule has 0 aliphatic carbocycles. The fraction of sp³-hybridized carbons (Fsp3) is 0.214. The Kier molecular flexibility index (Phi) is 4.50. The second-order valence-corrected chi connectivity index (χ2v) is 4.70. The van der Waals surface area contributed by atoms with Gasteiger partial charge >= 0.3 is 5.69 Å². The Bertz CT molecular complexity index is 813. The minimum atomic E-state index is -1.00. The summed E-state index contributed by atoms with van der Waals surface area (Å²) in [5.41, 5.74) is -0.874. The molecular weight excluding hydrogens is 296 g/mol. The molecule has 8 heteroatoms. The van der Waals surface area contributed by atoms with Crippen molar-refractivity contribution in [1.82, 2.24) is 14.9 Å². The van der Waals surface area contributed by atoms with Gasteiger partial charge in [-0.15, -0.1) is 0 Å². The lowest BCUT2D eigenvalue weighted by molar-refractivity contribution is -0.122. The molecule has 0 aliphatic rings. The van der Waals surface area contributed by atoms with Crippen LogP contribution in [0.15, 0.2) is 40.1 Å². The quantitative estimate of drug-likeness (QED) is 0.871. The van der Waals surface area contributed by atoms with Crippen LogP contribution in [-0.4, -0.2) is 15.5 Å². The van der Waals surface area contributed by atoms with Gasteiger partial charge in [-0.2, -0.15) is 0 Å². The number of carbonyl (C=O) groups is 1. The van der Waals surface area contributed by atoms with E-state index in [0.717, 1.165) is 22.8 Å². The second-order valence-electron chi connectivity index (χ2n) is 4.70. The van der Waals surface area contributed by atoms with Gasteiger partial charge in [0.1, 0.15) is 6.54 Å². The lowest BCUT2D eigenvalue weighted by Gasteiger charge is -2.15. The summed E-state index contributed by atoms with van der Waals surface area (Å²) in [5, 5.41) is 2.55. The largest absolute Gasteiger partial charge is 0.348 e. The van der Waals surface area contributed by atoms with Crippen LogP contribution in [-0.2, 0) is 11.3 Å². The predicted molar refractivity (Wildman–Crippen MR) is 74.2 cm³/mol. The van der Waals surface area contributed by atoms with Crippen molar-refractivity contribution in [2.75, 3.05) is 0 Å². The summed E-state index contributed by atoms with van der Waals surface area (Å²) in [5.74, 6) is -2.48. The predicted octanol–water partition coefficient (Wildman–Crippen LogP) is 0.692. The summed E-state index contributed by atoms with van der Waals surface area (Å²) in [6.07, 6.45) is 1.20. The summed E-state index contributed by atoms with van der Waals surface area (Å²) in [4.78, 5) is 36.2. The van der Waals surface area contributed by atoms with Crippen LogP contribution in [0.25, 0.3) is 0 Å². The molecule has 0 spiro atoms. The Morgan fingerprint density at radius 1 is 1.27 bits per heavy atom. The highest BCUT2D eigenvalue weighted by Gasteiger charge is 2.13. The van der Waals surface area contributed by atoms with Gasteiger partial charge in [0.2, 0.25) is 5.91 Å². The molecule has 0 aliphatic heterocycles. The van der Waals surface area contributed by atoms with Crippen molar-refractivity contribution in [3.8, 4) is 0 Å². The van der Waals surface area contributed by atoms with Crippen molar-refractivity contribution in [2.45, 2.75) is 19.5 Å². The molecule has 1 amide bonds. The molecule has 1 heterocycles. The summed E-state index contributed by atoms with van der Waals surface area (Å²) in [6, 6.07) is 3.87. The zero-order valence-corrected chi connectivity index (χ0v) is 11.6. The van der Waals surface area contributed by atoms with E-state index in [0.29, 0.717) is 5.56 Å². The first-order valence-electron chi connectivity index (χ1n) is 6.41. The number of halogens is 2. The zero-order chi connectivity index (χ0) is 16.3. The molecule has 0 saturated carbocycles. The van der Waals surface area contributed by atoms with Crippen molar-refractivity contribution in [1.29, 1.82) is 0 Å². The molecule has 1 unspecified atom stereocenters. The van der Waals surface area contributed by atoms with Crippen LogP contribution in [0.2, 0.25) is 0 Å². The van der Waals surface area contributed by atoms with Gasteiger partial charge in [-0.1, -0.05) is 6.07 Å². The standard InChI is InChI=1S/C14H13F2N3O3/c1-8(9-2-3-10(15)11(16)6-9)17-13(21)7-19-5-4-12(20)18-14(19)22/h2-6,8H,7H2,1H3,(H,17,21)(H,18,20,22). The van der Waals surface area contributed by atoms with Gasteiger partial charge in [-0.3, -0.25) is 19.1 Å². The van der Waals surface area contributed by atoms with E-state index in [2.05, 4.69) is 5.32 Å². The monoisotopic (exact) mass is 309 g/mol. The topological polar surface area (TPSA) is 84.0 Å². The van der Waals surface area contributed by atoms with Gasteiger partial charge in [-0.05, 0) is 24.6 Å². The van der Waals surface area contributed by atoms with Gasteiger partial charge in [0.25, 0.3) is 5.56 Å². The maximum atomic E-state index is 13.1. The molecule has 22 heavy (non-hydrogen) atoms. The number of rotatable bonds is 4. The molecule has 1 aromatic heterocycles. The number of hydrogen-bond donors (Lipinski definition) is 2. The summed E-state index contributed by atoms with van der Waals surface area (Å²) >= 11 is 0. The van der Waals surface area contributed by atoms with Crippen molar-refractivity contribution in [3.05, 3.63) is 68.5 Å². The summed E-state index contributed by atoms with van der Waals surface area (Å²) in [7, 11) is 0. The number of H-pyrrole nitrogens is 1.